The number of ether oxygens (including phenoxy) is 2. The monoisotopic (exact) mass is 308 g/mol. The molecular weight excluding hydrogens is 284 g/mol. The summed E-state index contributed by atoms with van der Waals surface area (Å²) in [6, 6.07) is 2.07. The number of benzene rings is 1. The van der Waals surface area contributed by atoms with Crippen molar-refractivity contribution >= 4 is 11.4 Å². The van der Waals surface area contributed by atoms with Gasteiger partial charge in [0.05, 0.1) is 38.3 Å². The summed E-state index contributed by atoms with van der Waals surface area (Å²) in [5.74, 6) is 0.889. The lowest BCUT2D eigenvalue weighted by molar-refractivity contribution is 0.0442. The number of nitrogens with zero attached hydrogens (tertiary/aromatic N) is 1. The molecule has 2 aliphatic heterocycles. The second-order valence-corrected chi connectivity index (χ2v) is 6.18. The van der Waals surface area contributed by atoms with Gasteiger partial charge in [0, 0.05) is 30.6 Å². The Hall–Kier alpha value is -1.50. The van der Waals surface area contributed by atoms with Gasteiger partial charge in [0.1, 0.15) is 11.4 Å². The molecule has 0 spiro atoms. The molecule has 2 heterocycles. The van der Waals surface area contributed by atoms with Gasteiger partial charge in [0.25, 0.3) is 0 Å². The Kier molecular flexibility index (Phi) is 4.16. The summed E-state index contributed by atoms with van der Waals surface area (Å²) in [5, 5.41) is 9.59. The van der Waals surface area contributed by atoms with Crippen LogP contribution in [0.15, 0.2) is 6.07 Å². The summed E-state index contributed by atoms with van der Waals surface area (Å²) in [5.41, 5.74) is 6.66. The quantitative estimate of drug-likeness (QED) is 0.822. The van der Waals surface area contributed by atoms with Crippen molar-refractivity contribution in [2.45, 2.75) is 25.9 Å². The summed E-state index contributed by atoms with van der Waals surface area (Å²) in [6.07, 6.45) is 0.696. The van der Waals surface area contributed by atoms with Crippen molar-refractivity contribution in [3.63, 3.8) is 0 Å². The average molecular weight is 308 g/mol. The first kappa shape index (κ1) is 15.4. The average Bonchev–Trinajstić information content (AvgIpc) is 2.87. The van der Waals surface area contributed by atoms with Crippen molar-refractivity contribution in [3.8, 4) is 5.75 Å². The molecule has 0 aliphatic carbocycles. The van der Waals surface area contributed by atoms with Gasteiger partial charge in [0.2, 0.25) is 0 Å². The fourth-order valence-corrected chi connectivity index (χ4v) is 3.29. The molecule has 0 amide bonds. The second-order valence-electron chi connectivity index (χ2n) is 6.18. The molecule has 0 bridgehead atoms. The number of aliphatic hydroxyl groups excluding tert-OH is 1. The van der Waals surface area contributed by atoms with Crippen LogP contribution in [-0.4, -0.2) is 50.7 Å². The highest BCUT2D eigenvalue weighted by Crippen LogP contribution is 2.45. The third-order valence-corrected chi connectivity index (χ3v) is 4.35. The number of rotatable bonds is 4. The molecule has 6 heteroatoms. The number of hydrogen-bond acceptors (Lipinski definition) is 6. The molecule has 1 aromatic rings. The van der Waals surface area contributed by atoms with E-state index < -0.39 is 5.60 Å². The first-order chi connectivity index (χ1) is 10.6. The number of nitrogens with one attached hydrogen (secondary N) is 1. The molecule has 22 heavy (non-hydrogen) atoms. The van der Waals surface area contributed by atoms with Crippen LogP contribution in [0.2, 0.25) is 0 Å². The van der Waals surface area contributed by atoms with E-state index in [1.54, 1.807) is 7.11 Å². The van der Waals surface area contributed by atoms with Crippen LogP contribution < -0.4 is 15.1 Å². The van der Waals surface area contributed by atoms with Crippen LogP contribution in [-0.2, 0) is 16.0 Å². The summed E-state index contributed by atoms with van der Waals surface area (Å²) < 4.78 is 11.5. The zero-order valence-electron chi connectivity index (χ0n) is 13.4. The molecule has 122 valence electrons. The Labute approximate surface area is 130 Å². The Morgan fingerprint density at radius 3 is 2.77 bits per heavy atom. The highest BCUT2D eigenvalue weighted by Gasteiger charge is 2.37. The lowest BCUT2D eigenvalue weighted by Gasteiger charge is -2.32. The van der Waals surface area contributed by atoms with E-state index in [1.807, 2.05) is 6.92 Å². The van der Waals surface area contributed by atoms with Crippen LogP contribution in [0.4, 0.5) is 11.4 Å². The molecule has 2 aliphatic rings. The van der Waals surface area contributed by atoms with Crippen LogP contribution in [0, 0.1) is 6.92 Å². The normalized spacial score (nSPS) is 24.1. The van der Waals surface area contributed by atoms with E-state index in [-0.39, 0.29) is 6.61 Å². The Morgan fingerprint density at radius 2 is 2.14 bits per heavy atom. The molecule has 0 saturated carbocycles. The molecule has 3 rings (SSSR count). The molecular formula is C16H24N2O4. The van der Waals surface area contributed by atoms with E-state index in [9.17, 15) is 5.11 Å². The predicted octanol–water partition coefficient (Wildman–Crippen LogP) is 1.49. The van der Waals surface area contributed by atoms with Crippen LogP contribution in [0.3, 0.4) is 0 Å². The van der Waals surface area contributed by atoms with E-state index in [2.05, 4.69) is 23.4 Å². The van der Waals surface area contributed by atoms with Gasteiger partial charge < -0.3 is 19.5 Å². The van der Waals surface area contributed by atoms with Crippen molar-refractivity contribution in [2.75, 3.05) is 50.4 Å². The van der Waals surface area contributed by atoms with Gasteiger partial charge in [-0.1, -0.05) is 0 Å². The van der Waals surface area contributed by atoms with Crippen LogP contribution in [0.1, 0.15) is 18.1 Å². The van der Waals surface area contributed by atoms with Crippen LogP contribution in [0.5, 0.6) is 5.75 Å². The molecule has 1 unspecified atom stereocenters. The maximum atomic E-state index is 9.59. The molecule has 0 radical (unpaired) electrons. The molecule has 1 fully saturated rings. The molecule has 0 aromatic heterocycles. The minimum absolute atomic E-state index is 0.00104. The molecule has 2 N–H and O–H groups in total. The lowest BCUT2D eigenvalue weighted by atomic mass is 9.97. The number of morpholine rings is 1. The SMILES string of the molecule is CONc1cc2c(c(C)c1N1CCOCC1)OC(C)(CO)C2. The topological polar surface area (TPSA) is 63.2 Å². The van der Waals surface area contributed by atoms with E-state index in [0.717, 1.165) is 54.6 Å². The summed E-state index contributed by atoms with van der Waals surface area (Å²) in [7, 11) is 1.61. The van der Waals surface area contributed by atoms with Gasteiger partial charge >= 0.3 is 0 Å². The first-order valence-electron chi connectivity index (χ1n) is 7.66. The number of fused-ring (bicyclic) bond motifs is 1. The number of anilines is 2. The Bertz CT molecular complexity index is 558. The summed E-state index contributed by atoms with van der Waals surface area (Å²) >= 11 is 0. The first-order valence-corrected chi connectivity index (χ1v) is 7.66. The van der Waals surface area contributed by atoms with Gasteiger partial charge in [-0.3, -0.25) is 10.3 Å². The zero-order valence-corrected chi connectivity index (χ0v) is 13.4. The molecule has 1 atom stereocenters. The Balaban J connectivity index is 2.04. The van der Waals surface area contributed by atoms with Gasteiger partial charge in [0.15, 0.2) is 0 Å². The number of aliphatic hydroxyl groups is 1. The van der Waals surface area contributed by atoms with Gasteiger partial charge in [-0.2, -0.15) is 0 Å². The second kappa shape index (κ2) is 5.95. The standard InChI is InChI=1S/C16H24N2O4/c1-11-14(18-4-6-21-7-5-18)13(17-20-3)8-12-9-16(2,10-19)22-15(11)12/h8,17,19H,4-7,9-10H2,1-3H3. The highest BCUT2D eigenvalue weighted by molar-refractivity contribution is 5.78. The summed E-state index contributed by atoms with van der Waals surface area (Å²) in [6.45, 7) is 7.12. The molecule has 1 saturated heterocycles. The fourth-order valence-electron chi connectivity index (χ4n) is 3.29. The largest absolute Gasteiger partial charge is 0.484 e. The van der Waals surface area contributed by atoms with E-state index in [0.29, 0.717) is 6.42 Å². The van der Waals surface area contributed by atoms with E-state index in [4.69, 9.17) is 14.3 Å². The van der Waals surface area contributed by atoms with Crippen molar-refractivity contribution in [3.05, 3.63) is 17.2 Å². The van der Waals surface area contributed by atoms with E-state index in [1.165, 1.54) is 0 Å². The van der Waals surface area contributed by atoms with Crippen LogP contribution >= 0.6 is 0 Å². The van der Waals surface area contributed by atoms with Crippen LogP contribution in [0.25, 0.3) is 0 Å². The Morgan fingerprint density at radius 1 is 1.41 bits per heavy atom. The molecule has 6 nitrogen and oxygen atoms in total. The molecule has 1 aromatic carbocycles. The maximum Gasteiger partial charge on any atom is 0.133 e. The highest BCUT2D eigenvalue weighted by atomic mass is 16.6. The predicted molar refractivity (Wildman–Crippen MR) is 84.7 cm³/mol. The minimum Gasteiger partial charge on any atom is -0.484 e. The zero-order chi connectivity index (χ0) is 15.7. The van der Waals surface area contributed by atoms with Crippen molar-refractivity contribution < 1.29 is 19.4 Å². The van der Waals surface area contributed by atoms with Crippen molar-refractivity contribution in [2.24, 2.45) is 0 Å². The van der Waals surface area contributed by atoms with Gasteiger partial charge in [-0.05, 0) is 19.9 Å². The minimum atomic E-state index is -0.541. The van der Waals surface area contributed by atoms with E-state index >= 15 is 0 Å². The smallest absolute Gasteiger partial charge is 0.133 e. The van der Waals surface area contributed by atoms with Crippen molar-refractivity contribution in [1.29, 1.82) is 0 Å². The lowest BCUT2D eigenvalue weighted by Crippen LogP contribution is -2.37. The fraction of sp³-hybridized carbons (Fsp3) is 0.625. The van der Waals surface area contributed by atoms with Crippen molar-refractivity contribution in [1.82, 2.24) is 0 Å². The number of hydrogen-bond donors (Lipinski definition) is 2. The third-order valence-electron chi connectivity index (χ3n) is 4.35. The van der Waals surface area contributed by atoms with Gasteiger partial charge in [-0.15, -0.1) is 0 Å². The maximum absolute atomic E-state index is 9.59. The summed E-state index contributed by atoms with van der Waals surface area (Å²) in [4.78, 5) is 7.44. The van der Waals surface area contributed by atoms with Gasteiger partial charge in [-0.25, -0.2) is 0 Å². The third kappa shape index (κ3) is 2.62.